The number of likely N-dealkylation sites (tertiary alicyclic amines) is 1. The van der Waals surface area contributed by atoms with E-state index in [4.69, 9.17) is 4.74 Å². The number of aromatic amines is 1. The molecular formula is C17H24N4O2. The number of hydrogen-bond donors (Lipinski definition) is 1. The van der Waals surface area contributed by atoms with Crippen LogP contribution in [0.15, 0.2) is 12.2 Å². The standard InChI is InChI=1S/C17H24N4O2/c1-11-18-17(20-19-11)14-9-13-6-7-21(10-15(13)23-14)16(22)8-12-4-2-3-5-12/h2,4,12-15H,3,5-10H2,1H3,(H,18,19,20)/t12?,13-,14+,15+/m0/s1. The molecule has 3 aliphatic rings. The van der Waals surface area contributed by atoms with Gasteiger partial charge in [-0.3, -0.25) is 9.89 Å². The summed E-state index contributed by atoms with van der Waals surface area (Å²) in [6, 6.07) is 0. The lowest BCUT2D eigenvalue weighted by atomic mass is 9.91. The SMILES string of the molecule is Cc1nc([C@H]2C[C@@H]3CCN(C(=O)CC4C=CCC4)C[C@H]3O2)n[nH]1. The predicted molar refractivity (Wildman–Crippen MR) is 84.5 cm³/mol. The second-order valence-corrected chi connectivity index (χ2v) is 7.04. The maximum atomic E-state index is 12.5. The number of aromatic nitrogens is 3. The van der Waals surface area contributed by atoms with Crippen LogP contribution in [0.2, 0.25) is 0 Å². The predicted octanol–water partition coefficient (Wildman–Crippen LogP) is 2.15. The van der Waals surface area contributed by atoms with Gasteiger partial charge < -0.3 is 9.64 Å². The molecule has 1 amide bonds. The highest BCUT2D eigenvalue weighted by molar-refractivity contribution is 5.77. The Balaban J connectivity index is 1.35. The number of carbonyl (C=O) groups is 1. The molecule has 0 saturated carbocycles. The van der Waals surface area contributed by atoms with Crippen molar-refractivity contribution in [3.63, 3.8) is 0 Å². The molecule has 1 N–H and O–H groups in total. The first-order chi connectivity index (χ1) is 11.2. The van der Waals surface area contributed by atoms with Crippen molar-refractivity contribution in [3.05, 3.63) is 23.8 Å². The van der Waals surface area contributed by atoms with Gasteiger partial charge in [-0.05, 0) is 44.4 Å². The van der Waals surface area contributed by atoms with E-state index in [0.29, 0.717) is 18.3 Å². The maximum Gasteiger partial charge on any atom is 0.223 e. The fourth-order valence-corrected chi connectivity index (χ4v) is 4.05. The summed E-state index contributed by atoms with van der Waals surface area (Å²) in [5, 5.41) is 7.11. The van der Waals surface area contributed by atoms with Crippen molar-refractivity contribution in [2.75, 3.05) is 13.1 Å². The summed E-state index contributed by atoms with van der Waals surface area (Å²) < 4.78 is 6.16. The maximum absolute atomic E-state index is 12.5. The van der Waals surface area contributed by atoms with E-state index in [1.54, 1.807) is 0 Å². The summed E-state index contributed by atoms with van der Waals surface area (Å²) >= 11 is 0. The molecule has 2 saturated heterocycles. The van der Waals surface area contributed by atoms with E-state index in [0.717, 1.165) is 50.4 Å². The van der Waals surface area contributed by atoms with Gasteiger partial charge >= 0.3 is 0 Å². The third-order valence-electron chi connectivity index (χ3n) is 5.36. The van der Waals surface area contributed by atoms with Crippen LogP contribution in [0, 0.1) is 18.8 Å². The molecule has 4 atom stereocenters. The molecule has 6 nitrogen and oxygen atoms in total. The van der Waals surface area contributed by atoms with Gasteiger partial charge in [-0.15, -0.1) is 0 Å². The highest BCUT2D eigenvalue weighted by atomic mass is 16.5. The van der Waals surface area contributed by atoms with Crippen LogP contribution in [0.25, 0.3) is 0 Å². The van der Waals surface area contributed by atoms with Crippen LogP contribution in [0.4, 0.5) is 0 Å². The van der Waals surface area contributed by atoms with Crippen molar-refractivity contribution in [2.24, 2.45) is 11.8 Å². The van der Waals surface area contributed by atoms with E-state index in [2.05, 4.69) is 27.3 Å². The van der Waals surface area contributed by atoms with E-state index in [-0.39, 0.29) is 18.1 Å². The average molecular weight is 316 g/mol. The number of aryl methyl sites for hydroxylation is 1. The number of fused-ring (bicyclic) bond motifs is 1. The molecule has 0 radical (unpaired) electrons. The zero-order valence-electron chi connectivity index (χ0n) is 13.6. The average Bonchev–Trinajstić information content (AvgIpc) is 3.25. The number of nitrogens with zero attached hydrogens (tertiary/aromatic N) is 3. The number of H-pyrrole nitrogens is 1. The molecule has 1 aliphatic carbocycles. The Morgan fingerprint density at radius 1 is 1.48 bits per heavy atom. The molecule has 1 aromatic heterocycles. The van der Waals surface area contributed by atoms with Crippen molar-refractivity contribution >= 4 is 5.91 Å². The van der Waals surface area contributed by atoms with Crippen molar-refractivity contribution < 1.29 is 9.53 Å². The van der Waals surface area contributed by atoms with Gasteiger partial charge in [0.1, 0.15) is 11.9 Å². The number of nitrogens with one attached hydrogen (secondary N) is 1. The quantitative estimate of drug-likeness (QED) is 0.867. The molecule has 0 aromatic carbocycles. The van der Waals surface area contributed by atoms with E-state index in [1.165, 1.54) is 0 Å². The second-order valence-electron chi connectivity index (χ2n) is 7.04. The van der Waals surface area contributed by atoms with E-state index in [9.17, 15) is 4.79 Å². The molecule has 3 heterocycles. The van der Waals surface area contributed by atoms with Crippen LogP contribution in [-0.4, -0.2) is 45.2 Å². The van der Waals surface area contributed by atoms with Gasteiger partial charge in [-0.1, -0.05) is 12.2 Å². The third-order valence-corrected chi connectivity index (χ3v) is 5.36. The fourth-order valence-electron chi connectivity index (χ4n) is 4.05. The minimum Gasteiger partial charge on any atom is -0.365 e. The van der Waals surface area contributed by atoms with Crippen LogP contribution in [0.5, 0.6) is 0 Å². The molecule has 0 spiro atoms. The van der Waals surface area contributed by atoms with E-state index in [1.807, 2.05) is 11.8 Å². The fraction of sp³-hybridized carbons (Fsp3) is 0.706. The normalized spacial score (nSPS) is 33.2. The van der Waals surface area contributed by atoms with Crippen molar-refractivity contribution in [1.82, 2.24) is 20.1 Å². The summed E-state index contributed by atoms with van der Waals surface area (Å²) in [6.07, 6.45) is 9.37. The Hall–Kier alpha value is -1.69. The highest BCUT2D eigenvalue weighted by Crippen LogP contribution is 2.40. The molecule has 4 rings (SSSR count). The number of piperidine rings is 1. The summed E-state index contributed by atoms with van der Waals surface area (Å²) in [5.74, 6) is 2.81. The zero-order chi connectivity index (χ0) is 15.8. The lowest BCUT2D eigenvalue weighted by Gasteiger charge is -2.34. The molecule has 124 valence electrons. The molecule has 2 aliphatic heterocycles. The van der Waals surface area contributed by atoms with Crippen molar-refractivity contribution in [3.8, 4) is 0 Å². The monoisotopic (exact) mass is 316 g/mol. The molecular weight excluding hydrogens is 292 g/mol. The summed E-state index contributed by atoms with van der Waals surface area (Å²) in [7, 11) is 0. The van der Waals surface area contributed by atoms with E-state index < -0.39 is 0 Å². The topological polar surface area (TPSA) is 71.1 Å². The lowest BCUT2D eigenvalue weighted by molar-refractivity contribution is -0.136. The summed E-state index contributed by atoms with van der Waals surface area (Å²) in [4.78, 5) is 18.9. The number of rotatable bonds is 3. The van der Waals surface area contributed by atoms with Crippen molar-refractivity contribution in [1.29, 1.82) is 0 Å². The number of amides is 1. The largest absolute Gasteiger partial charge is 0.365 e. The number of hydrogen-bond acceptors (Lipinski definition) is 4. The minimum atomic E-state index is -0.0252. The smallest absolute Gasteiger partial charge is 0.223 e. The highest BCUT2D eigenvalue weighted by Gasteiger charge is 2.42. The Morgan fingerprint density at radius 3 is 3.13 bits per heavy atom. The van der Waals surface area contributed by atoms with Crippen LogP contribution in [-0.2, 0) is 9.53 Å². The Morgan fingerprint density at radius 2 is 2.39 bits per heavy atom. The molecule has 1 unspecified atom stereocenters. The Labute approximate surface area is 136 Å². The molecule has 1 aromatic rings. The van der Waals surface area contributed by atoms with Crippen LogP contribution in [0.3, 0.4) is 0 Å². The minimum absolute atomic E-state index is 0.0252. The van der Waals surface area contributed by atoms with Gasteiger partial charge in [0.25, 0.3) is 0 Å². The van der Waals surface area contributed by atoms with Crippen molar-refractivity contribution in [2.45, 2.75) is 51.2 Å². The molecule has 0 bridgehead atoms. The first kappa shape index (κ1) is 14.9. The first-order valence-corrected chi connectivity index (χ1v) is 8.68. The summed E-state index contributed by atoms with van der Waals surface area (Å²) in [6.45, 7) is 3.48. The molecule has 23 heavy (non-hydrogen) atoms. The Bertz CT molecular complexity index is 611. The Kier molecular flexibility index (Phi) is 3.93. The van der Waals surface area contributed by atoms with Gasteiger partial charge in [-0.25, -0.2) is 4.98 Å². The number of ether oxygens (including phenoxy) is 1. The second kappa shape index (κ2) is 6.07. The van der Waals surface area contributed by atoms with Gasteiger partial charge in [0.05, 0.1) is 6.10 Å². The third kappa shape index (κ3) is 3.04. The molecule has 6 heteroatoms. The molecule has 2 fully saturated rings. The van der Waals surface area contributed by atoms with Gasteiger partial charge in [0, 0.05) is 19.5 Å². The van der Waals surface area contributed by atoms with Gasteiger partial charge in [0.15, 0.2) is 5.82 Å². The van der Waals surface area contributed by atoms with Gasteiger partial charge in [0.2, 0.25) is 5.91 Å². The number of carbonyl (C=O) groups excluding carboxylic acids is 1. The van der Waals surface area contributed by atoms with E-state index >= 15 is 0 Å². The lowest BCUT2D eigenvalue weighted by Crippen LogP contribution is -2.45. The zero-order valence-corrected chi connectivity index (χ0v) is 13.6. The van der Waals surface area contributed by atoms with Gasteiger partial charge in [-0.2, -0.15) is 5.10 Å². The first-order valence-electron chi connectivity index (χ1n) is 8.68. The van der Waals surface area contributed by atoms with Crippen LogP contribution in [0.1, 0.15) is 49.9 Å². The summed E-state index contributed by atoms with van der Waals surface area (Å²) in [5.41, 5.74) is 0. The van der Waals surface area contributed by atoms with Crippen LogP contribution < -0.4 is 0 Å². The van der Waals surface area contributed by atoms with Crippen LogP contribution >= 0.6 is 0 Å². The number of allylic oxidation sites excluding steroid dienone is 2.